The van der Waals surface area contributed by atoms with Gasteiger partial charge in [0.1, 0.15) is 0 Å². The summed E-state index contributed by atoms with van der Waals surface area (Å²) in [6.45, 7) is 0. The highest BCUT2D eigenvalue weighted by atomic mass is 16.1. The number of nitrogens with one attached hydrogen (secondary N) is 1. The molecular weight excluding hydrogens is 232 g/mol. The first-order chi connectivity index (χ1) is 8.65. The van der Waals surface area contributed by atoms with Gasteiger partial charge < -0.3 is 10.3 Å². The predicted molar refractivity (Wildman–Crippen MR) is 66.8 cm³/mol. The molecule has 7 heteroatoms. The number of nitrogens with two attached hydrogens (primary N) is 2. The normalized spacial score (nSPS) is 15.7. The van der Waals surface area contributed by atoms with Gasteiger partial charge in [-0.15, -0.1) is 0 Å². The first-order valence-electron chi connectivity index (χ1n) is 5.36. The van der Waals surface area contributed by atoms with Crippen LogP contribution in [0.25, 0.3) is 11.2 Å². The van der Waals surface area contributed by atoms with Gasteiger partial charge in [0.25, 0.3) is 5.56 Å². The Kier molecular flexibility index (Phi) is 2.12. The van der Waals surface area contributed by atoms with Gasteiger partial charge >= 0.3 is 0 Å². The largest absolute Gasteiger partial charge is 0.369 e. The van der Waals surface area contributed by atoms with Gasteiger partial charge in [0.2, 0.25) is 5.95 Å². The second-order valence-electron chi connectivity index (χ2n) is 3.98. The highest BCUT2D eigenvalue weighted by molar-refractivity contribution is 6.00. The maximum atomic E-state index is 11.9. The van der Waals surface area contributed by atoms with E-state index in [0.717, 1.165) is 0 Å². The van der Waals surface area contributed by atoms with Crippen molar-refractivity contribution in [3.05, 3.63) is 41.0 Å². The van der Waals surface area contributed by atoms with E-state index in [4.69, 9.17) is 11.1 Å². The van der Waals surface area contributed by atoms with Gasteiger partial charge in [-0.2, -0.15) is 4.98 Å². The molecule has 18 heavy (non-hydrogen) atoms. The molecule has 0 atom stereocenters. The molecule has 0 saturated carbocycles. The van der Waals surface area contributed by atoms with Crippen molar-refractivity contribution in [1.82, 2.24) is 19.5 Å². The lowest BCUT2D eigenvalue weighted by Gasteiger charge is -2.12. The molecule has 1 aliphatic rings. The molecule has 0 spiro atoms. The van der Waals surface area contributed by atoms with E-state index < -0.39 is 0 Å². The van der Waals surface area contributed by atoms with Gasteiger partial charge in [-0.1, -0.05) is 12.2 Å². The SMILES string of the molecule is Nc1nc2ncn(C3C=CC(=[NH2+])C=C3)c2c(=O)[nH]1. The predicted octanol–water partition coefficient (Wildman–Crippen LogP) is -1.43. The van der Waals surface area contributed by atoms with Crippen LogP contribution in [0.15, 0.2) is 35.4 Å². The topological polar surface area (TPSA) is 115 Å². The summed E-state index contributed by atoms with van der Waals surface area (Å²) in [4.78, 5) is 22.4. The van der Waals surface area contributed by atoms with Gasteiger partial charge in [-0.05, 0) is 0 Å². The molecule has 3 rings (SSSR count). The molecule has 7 nitrogen and oxygen atoms in total. The van der Waals surface area contributed by atoms with E-state index in [2.05, 4.69) is 15.0 Å². The van der Waals surface area contributed by atoms with Gasteiger partial charge in [0, 0.05) is 12.2 Å². The quantitative estimate of drug-likeness (QED) is 0.569. The number of nitrogen functional groups attached to an aromatic ring is 1. The van der Waals surface area contributed by atoms with Crippen LogP contribution < -0.4 is 16.7 Å². The van der Waals surface area contributed by atoms with E-state index in [1.807, 2.05) is 12.2 Å². The molecule has 0 unspecified atom stereocenters. The number of aromatic amines is 1. The fourth-order valence-corrected chi connectivity index (χ4v) is 1.92. The number of allylic oxidation sites excluding steroid dienone is 4. The van der Waals surface area contributed by atoms with Crippen LogP contribution in [0.4, 0.5) is 5.95 Å². The summed E-state index contributed by atoms with van der Waals surface area (Å²) in [6.07, 6.45) is 8.90. The Hall–Kier alpha value is -2.70. The first-order valence-corrected chi connectivity index (χ1v) is 5.36. The van der Waals surface area contributed by atoms with E-state index in [-0.39, 0.29) is 17.5 Å². The third-order valence-corrected chi connectivity index (χ3v) is 2.75. The fourth-order valence-electron chi connectivity index (χ4n) is 1.92. The van der Waals surface area contributed by atoms with E-state index in [9.17, 15) is 4.79 Å². The van der Waals surface area contributed by atoms with Crippen LogP contribution in [0.1, 0.15) is 6.04 Å². The van der Waals surface area contributed by atoms with Gasteiger partial charge in [-0.3, -0.25) is 15.2 Å². The summed E-state index contributed by atoms with van der Waals surface area (Å²) in [6, 6.07) is -0.103. The number of H-pyrrole nitrogens is 1. The number of anilines is 1. The van der Waals surface area contributed by atoms with Crippen molar-refractivity contribution < 1.29 is 5.41 Å². The fraction of sp³-hybridized carbons (Fsp3) is 0.0909. The van der Waals surface area contributed by atoms with Crippen molar-refractivity contribution >= 4 is 22.8 Å². The number of hydrogen-bond donors (Lipinski definition) is 3. The lowest BCUT2D eigenvalue weighted by molar-refractivity contribution is -0.110. The highest BCUT2D eigenvalue weighted by Gasteiger charge is 2.15. The van der Waals surface area contributed by atoms with Crippen LogP contribution in [0.5, 0.6) is 0 Å². The Balaban J connectivity index is 2.20. The molecular formula is C11H11N6O+. The number of aromatic nitrogens is 4. The Morgan fingerprint density at radius 1 is 1.39 bits per heavy atom. The molecule has 0 aromatic carbocycles. The molecule has 2 aromatic rings. The van der Waals surface area contributed by atoms with Crippen LogP contribution in [-0.2, 0) is 0 Å². The molecule has 0 amide bonds. The van der Waals surface area contributed by atoms with Crippen molar-refractivity contribution in [2.45, 2.75) is 6.04 Å². The van der Waals surface area contributed by atoms with E-state index in [0.29, 0.717) is 16.9 Å². The highest BCUT2D eigenvalue weighted by Crippen LogP contribution is 2.18. The molecule has 0 bridgehead atoms. The minimum absolute atomic E-state index is 0.0602. The van der Waals surface area contributed by atoms with E-state index in [1.165, 1.54) is 0 Å². The molecule has 1 aliphatic carbocycles. The summed E-state index contributed by atoms with van der Waals surface area (Å²) >= 11 is 0. The van der Waals surface area contributed by atoms with Crippen LogP contribution in [-0.4, -0.2) is 25.2 Å². The number of fused-ring (bicyclic) bond motifs is 1. The lowest BCUT2D eigenvalue weighted by atomic mass is 10.1. The van der Waals surface area contributed by atoms with Crippen LogP contribution in [0.2, 0.25) is 0 Å². The molecule has 5 N–H and O–H groups in total. The third kappa shape index (κ3) is 1.53. The van der Waals surface area contributed by atoms with Crippen molar-refractivity contribution in [3.8, 4) is 0 Å². The Morgan fingerprint density at radius 3 is 2.83 bits per heavy atom. The number of nitrogens with zero attached hydrogens (tertiary/aromatic N) is 3. The standard InChI is InChI=1S/C11H10N6O/c12-6-1-3-7(4-2-6)17-5-14-9-8(17)10(18)16-11(13)15-9/h1-5,7,12H,(H3,13,15,16,18)/p+1. The molecule has 90 valence electrons. The molecule has 2 aromatic heterocycles. The number of rotatable bonds is 1. The van der Waals surface area contributed by atoms with Crippen LogP contribution >= 0.6 is 0 Å². The van der Waals surface area contributed by atoms with Gasteiger partial charge in [-0.25, -0.2) is 4.98 Å². The van der Waals surface area contributed by atoms with Gasteiger partial charge in [0.15, 0.2) is 16.9 Å². The average Bonchev–Trinajstić information content (AvgIpc) is 2.74. The zero-order chi connectivity index (χ0) is 12.7. The third-order valence-electron chi connectivity index (χ3n) is 2.75. The number of hydrogen-bond acceptors (Lipinski definition) is 4. The van der Waals surface area contributed by atoms with E-state index in [1.54, 1.807) is 23.0 Å². The zero-order valence-corrected chi connectivity index (χ0v) is 9.37. The summed E-state index contributed by atoms with van der Waals surface area (Å²) in [5.74, 6) is 0.0602. The van der Waals surface area contributed by atoms with E-state index >= 15 is 0 Å². The monoisotopic (exact) mass is 243 g/mol. The minimum atomic E-state index is -0.306. The second kappa shape index (κ2) is 3.66. The lowest BCUT2D eigenvalue weighted by Crippen LogP contribution is -2.37. The van der Waals surface area contributed by atoms with Crippen molar-refractivity contribution in [3.63, 3.8) is 0 Å². The molecule has 0 radical (unpaired) electrons. The minimum Gasteiger partial charge on any atom is -0.369 e. The zero-order valence-electron chi connectivity index (χ0n) is 9.37. The second-order valence-corrected chi connectivity index (χ2v) is 3.98. The van der Waals surface area contributed by atoms with Crippen LogP contribution in [0, 0.1) is 0 Å². The summed E-state index contributed by atoms with van der Waals surface area (Å²) in [7, 11) is 0. The summed E-state index contributed by atoms with van der Waals surface area (Å²) in [5, 5.41) is 5.63. The molecule has 0 saturated heterocycles. The first kappa shape index (κ1) is 10.5. The van der Waals surface area contributed by atoms with Crippen molar-refractivity contribution in [2.75, 3.05) is 5.73 Å². The molecule has 0 aliphatic heterocycles. The van der Waals surface area contributed by atoms with Crippen molar-refractivity contribution in [2.24, 2.45) is 0 Å². The summed E-state index contributed by atoms with van der Waals surface area (Å²) < 4.78 is 1.72. The molecule has 0 fully saturated rings. The maximum Gasteiger partial charge on any atom is 0.278 e. The average molecular weight is 243 g/mol. The van der Waals surface area contributed by atoms with Crippen LogP contribution in [0.3, 0.4) is 0 Å². The Bertz CT molecular complexity index is 734. The summed E-state index contributed by atoms with van der Waals surface area (Å²) in [5.41, 5.74) is 6.56. The van der Waals surface area contributed by atoms with Crippen molar-refractivity contribution in [1.29, 1.82) is 0 Å². The number of imidazole rings is 1. The molecule has 2 heterocycles. The Labute approximate surface area is 101 Å². The maximum absolute atomic E-state index is 11.9. The smallest absolute Gasteiger partial charge is 0.278 e. The Morgan fingerprint density at radius 2 is 2.11 bits per heavy atom. The van der Waals surface area contributed by atoms with Gasteiger partial charge in [0.05, 0.1) is 12.4 Å².